The maximum absolute atomic E-state index is 4.40. The summed E-state index contributed by atoms with van der Waals surface area (Å²) < 4.78 is 0. The van der Waals surface area contributed by atoms with E-state index in [1.54, 1.807) is 6.20 Å². The third-order valence-corrected chi connectivity index (χ3v) is 2.21. The molecule has 2 rings (SSSR count). The fraction of sp³-hybridized carbons (Fsp3) is 0.333. The summed E-state index contributed by atoms with van der Waals surface area (Å²) >= 11 is 0. The van der Waals surface area contributed by atoms with Crippen LogP contribution in [0.4, 0.5) is 0 Å². The molecule has 1 N–H and O–H groups in total. The van der Waals surface area contributed by atoms with Crippen LogP contribution in [-0.2, 0) is 5.54 Å². The van der Waals surface area contributed by atoms with Gasteiger partial charge in [-0.3, -0.25) is 4.99 Å². The summed E-state index contributed by atoms with van der Waals surface area (Å²) in [6.07, 6.45) is 10.4. The number of aromatic amines is 1. The zero-order valence-electron chi connectivity index (χ0n) is 6.99. The van der Waals surface area contributed by atoms with Crippen molar-refractivity contribution in [2.24, 2.45) is 4.99 Å². The lowest BCUT2D eigenvalue weighted by Crippen LogP contribution is -2.19. The lowest BCUT2D eigenvalue weighted by molar-refractivity contribution is 0.523. The molecule has 0 spiro atoms. The summed E-state index contributed by atoms with van der Waals surface area (Å²) in [4.78, 5) is 11.7. The van der Waals surface area contributed by atoms with Crippen molar-refractivity contribution in [3.05, 3.63) is 30.4 Å². The predicted octanol–water partition coefficient (Wildman–Crippen LogP) is 1.66. The fourth-order valence-electron chi connectivity index (χ4n) is 1.44. The van der Waals surface area contributed by atoms with Gasteiger partial charge in [-0.2, -0.15) is 0 Å². The smallest absolute Gasteiger partial charge is 0.138 e. The molecule has 1 aromatic heterocycles. The van der Waals surface area contributed by atoms with E-state index in [0.717, 1.165) is 12.2 Å². The number of H-pyrrole nitrogens is 1. The van der Waals surface area contributed by atoms with E-state index in [1.165, 1.54) is 0 Å². The van der Waals surface area contributed by atoms with Crippen LogP contribution in [0.25, 0.3) is 0 Å². The van der Waals surface area contributed by atoms with Crippen molar-refractivity contribution in [2.75, 3.05) is 0 Å². The highest BCUT2D eigenvalue weighted by molar-refractivity contribution is 5.75. The lowest BCUT2D eigenvalue weighted by atomic mass is 9.97. The molecule has 1 aromatic rings. The zero-order chi connectivity index (χ0) is 8.44. The lowest BCUT2D eigenvalue weighted by Gasteiger charge is -2.18. The number of rotatable bonds is 2. The molecular weight excluding hydrogens is 150 g/mol. The number of allylic oxidation sites excluding steroid dienone is 1. The van der Waals surface area contributed by atoms with Gasteiger partial charge in [-0.15, -0.1) is 0 Å². The number of aliphatic imine (C=N–C) groups is 1. The van der Waals surface area contributed by atoms with Gasteiger partial charge in [0.2, 0.25) is 0 Å². The number of hydrogen-bond donors (Lipinski definition) is 1. The largest absolute Gasteiger partial charge is 0.346 e. The van der Waals surface area contributed by atoms with Crippen LogP contribution in [0.15, 0.2) is 29.5 Å². The first kappa shape index (κ1) is 7.28. The molecule has 1 atom stereocenters. The van der Waals surface area contributed by atoms with E-state index in [1.807, 2.05) is 18.5 Å². The van der Waals surface area contributed by atoms with Gasteiger partial charge in [0.05, 0.1) is 0 Å². The molecule has 1 aliphatic rings. The normalized spacial score (nSPS) is 26.8. The predicted molar refractivity (Wildman–Crippen MR) is 48.2 cm³/mol. The minimum atomic E-state index is -0.219. The molecule has 0 radical (unpaired) electrons. The molecule has 0 bridgehead atoms. The molecular formula is C9H11N3. The van der Waals surface area contributed by atoms with Crippen molar-refractivity contribution in [2.45, 2.75) is 18.9 Å². The molecule has 62 valence electrons. The maximum atomic E-state index is 4.40. The molecule has 0 amide bonds. The van der Waals surface area contributed by atoms with Gasteiger partial charge in [0, 0.05) is 18.6 Å². The summed E-state index contributed by atoms with van der Waals surface area (Å²) in [5.41, 5.74) is -0.219. The van der Waals surface area contributed by atoms with Gasteiger partial charge >= 0.3 is 0 Å². The Hall–Kier alpha value is -1.38. The van der Waals surface area contributed by atoms with E-state index in [-0.39, 0.29) is 5.54 Å². The molecule has 1 unspecified atom stereocenters. The number of aromatic nitrogens is 2. The van der Waals surface area contributed by atoms with Gasteiger partial charge in [-0.1, -0.05) is 6.92 Å². The van der Waals surface area contributed by atoms with Crippen molar-refractivity contribution < 1.29 is 0 Å². The van der Waals surface area contributed by atoms with Gasteiger partial charge in [0.15, 0.2) is 0 Å². The first-order valence-corrected chi connectivity index (χ1v) is 4.10. The third-order valence-electron chi connectivity index (χ3n) is 2.21. The topological polar surface area (TPSA) is 41.0 Å². The Kier molecular flexibility index (Phi) is 1.57. The van der Waals surface area contributed by atoms with Crippen molar-refractivity contribution in [3.8, 4) is 0 Å². The molecule has 0 saturated heterocycles. The Bertz CT molecular complexity index is 297. The van der Waals surface area contributed by atoms with Crippen LogP contribution in [0.5, 0.6) is 0 Å². The Morgan fingerprint density at radius 2 is 2.50 bits per heavy atom. The molecule has 0 aliphatic carbocycles. The highest BCUT2D eigenvalue weighted by Crippen LogP contribution is 2.30. The van der Waals surface area contributed by atoms with Gasteiger partial charge in [-0.25, -0.2) is 4.98 Å². The minimum Gasteiger partial charge on any atom is -0.346 e. The second-order valence-electron chi connectivity index (χ2n) is 2.85. The number of imidazole rings is 1. The van der Waals surface area contributed by atoms with Crippen LogP contribution in [-0.4, -0.2) is 16.2 Å². The third kappa shape index (κ3) is 0.897. The summed E-state index contributed by atoms with van der Waals surface area (Å²) in [5, 5.41) is 0. The van der Waals surface area contributed by atoms with E-state index >= 15 is 0 Å². The standard InChI is InChI=1S/C9H11N3/c1-2-9(4-3-5-12-9)8-10-6-7-11-8/h3-7H,2H2,1H3,(H,10,11). The molecule has 0 fully saturated rings. The van der Waals surface area contributed by atoms with Crippen LogP contribution in [0.2, 0.25) is 0 Å². The monoisotopic (exact) mass is 161 g/mol. The Labute approximate surface area is 71.2 Å². The Balaban J connectivity index is 2.42. The summed E-state index contributed by atoms with van der Waals surface area (Å²) in [6.45, 7) is 2.11. The Morgan fingerprint density at radius 3 is 3.00 bits per heavy atom. The molecule has 3 nitrogen and oxygen atoms in total. The van der Waals surface area contributed by atoms with Gasteiger partial charge < -0.3 is 4.98 Å². The number of nitrogens with one attached hydrogen (secondary N) is 1. The average Bonchev–Trinajstić information content (AvgIpc) is 2.76. The summed E-state index contributed by atoms with van der Waals surface area (Å²) in [7, 11) is 0. The quantitative estimate of drug-likeness (QED) is 0.704. The minimum absolute atomic E-state index is 0.219. The van der Waals surface area contributed by atoms with Crippen LogP contribution in [0.1, 0.15) is 19.2 Å². The summed E-state index contributed by atoms with van der Waals surface area (Å²) in [6, 6.07) is 0. The van der Waals surface area contributed by atoms with Crippen LogP contribution < -0.4 is 0 Å². The molecule has 3 heteroatoms. The SMILES string of the molecule is CCC1(c2ncc[nH]2)C=CC=N1. The van der Waals surface area contributed by atoms with Crippen LogP contribution in [0.3, 0.4) is 0 Å². The second-order valence-corrected chi connectivity index (χ2v) is 2.85. The van der Waals surface area contributed by atoms with Gasteiger partial charge in [0.25, 0.3) is 0 Å². The molecule has 1 aliphatic heterocycles. The average molecular weight is 161 g/mol. The first-order chi connectivity index (χ1) is 5.87. The molecule has 0 aromatic carbocycles. The van der Waals surface area contributed by atoms with Crippen molar-refractivity contribution in [3.63, 3.8) is 0 Å². The highest BCUT2D eigenvalue weighted by Gasteiger charge is 2.30. The second kappa shape index (κ2) is 2.59. The molecule has 0 saturated carbocycles. The number of hydrogen-bond acceptors (Lipinski definition) is 2. The van der Waals surface area contributed by atoms with E-state index in [2.05, 4.69) is 28.0 Å². The maximum Gasteiger partial charge on any atom is 0.138 e. The van der Waals surface area contributed by atoms with Gasteiger partial charge in [-0.05, 0) is 18.6 Å². The Morgan fingerprint density at radius 1 is 1.58 bits per heavy atom. The molecule has 2 heterocycles. The van der Waals surface area contributed by atoms with Crippen molar-refractivity contribution >= 4 is 6.21 Å². The van der Waals surface area contributed by atoms with Crippen LogP contribution in [0, 0.1) is 0 Å². The first-order valence-electron chi connectivity index (χ1n) is 4.10. The van der Waals surface area contributed by atoms with E-state index in [4.69, 9.17) is 0 Å². The van der Waals surface area contributed by atoms with E-state index < -0.39 is 0 Å². The summed E-state index contributed by atoms with van der Waals surface area (Å²) in [5.74, 6) is 0.926. The highest BCUT2D eigenvalue weighted by atomic mass is 15.0. The molecule has 12 heavy (non-hydrogen) atoms. The van der Waals surface area contributed by atoms with Crippen molar-refractivity contribution in [1.29, 1.82) is 0 Å². The van der Waals surface area contributed by atoms with E-state index in [9.17, 15) is 0 Å². The number of nitrogens with zero attached hydrogens (tertiary/aromatic N) is 2. The van der Waals surface area contributed by atoms with E-state index in [0.29, 0.717) is 0 Å². The zero-order valence-corrected chi connectivity index (χ0v) is 6.99. The van der Waals surface area contributed by atoms with Gasteiger partial charge in [0.1, 0.15) is 11.4 Å². The fourth-order valence-corrected chi connectivity index (χ4v) is 1.44. The van der Waals surface area contributed by atoms with Crippen molar-refractivity contribution in [1.82, 2.24) is 9.97 Å². The van der Waals surface area contributed by atoms with Crippen LogP contribution >= 0.6 is 0 Å².